The lowest BCUT2D eigenvalue weighted by Gasteiger charge is -2.33. The molecule has 1 aromatic carbocycles. The first-order valence-corrected chi connectivity index (χ1v) is 9.41. The van der Waals surface area contributed by atoms with Gasteiger partial charge in [-0.2, -0.15) is 18.3 Å². The Balaban J connectivity index is 2.27. The first-order chi connectivity index (χ1) is 13.5. The monoisotopic (exact) mass is 414 g/mol. The maximum atomic E-state index is 14.1. The number of nitrogens with zero attached hydrogens (tertiary/aromatic N) is 3. The van der Waals surface area contributed by atoms with Crippen LogP contribution in [0.4, 0.5) is 17.6 Å². The molecule has 0 unspecified atom stereocenters. The Labute approximate surface area is 167 Å². The molecule has 1 amide bonds. The van der Waals surface area contributed by atoms with Crippen LogP contribution in [0.2, 0.25) is 0 Å². The second kappa shape index (κ2) is 9.39. The highest BCUT2D eigenvalue weighted by molar-refractivity contribution is 5.92. The second-order valence-corrected chi connectivity index (χ2v) is 7.41. The second-order valence-electron chi connectivity index (χ2n) is 7.41. The summed E-state index contributed by atoms with van der Waals surface area (Å²) in [5, 5.41) is 5.34. The number of alkyl halides is 3. The summed E-state index contributed by atoms with van der Waals surface area (Å²) >= 11 is 0. The van der Waals surface area contributed by atoms with Crippen LogP contribution in [0.5, 0.6) is 0 Å². The molecule has 0 radical (unpaired) electrons. The van der Waals surface area contributed by atoms with Crippen LogP contribution in [0.15, 0.2) is 30.3 Å². The van der Waals surface area contributed by atoms with Gasteiger partial charge < -0.3 is 4.90 Å². The molecule has 9 heteroatoms. The number of H-pyrrole nitrogens is 1. The van der Waals surface area contributed by atoms with E-state index in [1.165, 1.54) is 17.0 Å². The number of hydrogen-bond donors (Lipinski definition) is 1. The van der Waals surface area contributed by atoms with E-state index in [2.05, 4.69) is 15.1 Å². The summed E-state index contributed by atoms with van der Waals surface area (Å²) in [6, 6.07) is 7.12. The number of aromatic nitrogens is 2. The van der Waals surface area contributed by atoms with Gasteiger partial charge in [0, 0.05) is 43.3 Å². The van der Waals surface area contributed by atoms with Crippen LogP contribution in [0.25, 0.3) is 0 Å². The zero-order chi connectivity index (χ0) is 21.8. The SMILES string of the molecule is CC(C)N(CCN(Cc1ccccc1F)C(=O)c1cc(C(F)(F)F)n[nH]1)C(C)C. The normalized spacial score (nSPS) is 12.2. The Morgan fingerprint density at radius 3 is 2.24 bits per heavy atom. The van der Waals surface area contributed by atoms with Crippen molar-refractivity contribution < 1.29 is 22.4 Å². The molecule has 0 atom stereocenters. The summed E-state index contributed by atoms with van der Waals surface area (Å²) < 4.78 is 52.6. The number of benzene rings is 1. The number of nitrogens with one attached hydrogen (secondary N) is 1. The summed E-state index contributed by atoms with van der Waals surface area (Å²) in [6.45, 7) is 8.75. The fourth-order valence-corrected chi connectivity index (χ4v) is 3.18. The highest BCUT2D eigenvalue weighted by Crippen LogP contribution is 2.28. The van der Waals surface area contributed by atoms with Crippen molar-refractivity contribution in [1.29, 1.82) is 0 Å². The van der Waals surface area contributed by atoms with Crippen LogP contribution in [-0.4, -0.2) is 51.1 Å². The third-order valence-corrected chi connectivity index (χ3v) is 4.66. The van der Waals surface area contributed by atoms with Crippen molar-refractivity contribution >= 4 is 5.91 Å². The van der Waals surface area contributed by atoms with Gasteiger partial charge in [-0.15, -0.1) is 0 Å². The van der Waals surface area contributed by atoms with Crippen molar-refractivity contribution in [3.05, 3.63) is 53.1 Å². The van der Waals surface area contributed by atoms with Crippen molar-refractivity contribution in [3.8, 4) is 0 Å². The van der Waals surface area contributed by atoms with Gasteiger partial charge >= 0.3 is 6.18 Å². The van der Waals surface area contributed by atoms with Crippen molar-refractivity contribution in [1.82, 2.24) is 20.0 Å². The van der Waals surface area contributed by atoms with Gasteiger partial charge in [-0.05, 0) is 33.8 Å². The van der Waals surface area contributed by atoms with E-state index in [-0.39, 0.29) is 36.4 Å². The Morgan fingerprint density at radius 1 is 1.10 bits per heavy atom. The highest BCUT2D eigenvalue weighted by atomic mass is 19.4. The maximum Gasteiger partial charge on any atom is 0.435 e. The molecule has 0 aliphatic rings. The quantitative estimate of drug-likeness (QED) is 0.655. The number of hydrogen-bond acceptors (Lipinski definition) is 3. The lowest BCUT2D eigenvalue weighted by Crippen LogP contribution is -2.44. The van der Waals surface area contributed by atoms with Crippen molar-refractivity contribution in [2.45, 2.75) is 52.5 Å². The average molecular weight is 414 g/mol. The average Bonchev–Trinajstić information content (AvgIpc) is 3.12. The van der Waals surface area contributed by atoms with Gasteiger partial charge in [0.1, 0.15) is 11.5 Å². The maximum absolute atomic E-state index is 14.1. The molecule has 0 saturated heterocycles. The topological polar surface area (TPSA) is 52.2 Å². The minimum atomic E-state index is -4.66. The highest BCUT2D eigenvalue weighted by Gasteiger charge is 2.35. The number of amides is 1. The van der Waals surface area contributed by atoms with Crippen LogP contribution in [0.3, 0.4) is 0 Å². The molecule has 160 valence electrons. The predicted octanol–water partition coefficient (Wildman–Crippen LogP) is 4.33. The fourth-order valence-electron chi connectivity index (χ4n) is 3.18. The van der Waals surface area contributed by atoms with Crippen molar-refractivity contribution in [3.63, 3.8) is 0 Å². The van der Waals surface area contributed by atoms with Gasteiger partial charge in [-0.25, -0.2) is 4.39 Å². The van der Waals surface area contributed by atoms with E-state index in [1.54, 1.807) is 12.1 Å². The first-order valence-electron chi connectivity index (χ1n) is 9.41. The number of carbonyl (C=O) groups excluding carboxylic acids is 1. The van der Waals surface area contributed by atoms with E-state index in [1.807, 2.05) is 27.7 Å². The molecule has 0 spiro atoms. The number of carbonyl (C=O) groups is 1. The summed E-state index contributed by atoms with van der Waals surface area (Å²) in [7, 11) is 0. The third kappa shape index (κ3) is 6.03. The molecule has 5 nitrogen and oxygen atoms in total. The Bertz CT molecular complexity index is 809. The van der Waals surface area contributed by atoms with Gasteiger partial charge in [-0.1, -0.05) is 18.2 Å². The molecule has 0 saturated carbocycles. The van der Waals surface area contributed by atoms with Crippen LogP contribution in [0, 0.1) is 5.82 Å². The summed E-state index contributed by atoms with van der Waals surface area (Å²) in [5.74, 6) is -1.14. The molecule has 29 heavy (non-hydrogen) atoms. The van der Waals surface area contributed by atoms with Gasteiger partial charge in [0.2, 0.25) is 0 Å². The number of halogens is 4. The molecular weight excluding hydrogens is 388 g/mol. The number of aromatic amines is 1. The van der Waals surface area contributed by atoms with Crippen molar-refractivity contribution in [2.24, 2.45) is 0 Å². The minimum Gasteiger partial charge on any atom is -0.332 e. The lowest BCUT2D eigenvalue weighted by molar-refractivity contribution is -0.141. The first kappa shape index (κ1) is 22.9. The van der Waals surface area contributed by atoms with Crippen LogP contribution in [0.1, 0.15) is 49.4 Å². The fraction of sp³-hybridized carbons (Fsp3) is 0.500. The van der Waals surface area contributed by atoms with E-state index < -0.39 is 23.6 Å². The predicted molar refractivity (Wildman–Crippen MR) is 102 cm³/mol. The Hall–Kier alpha value is -2.42. The Morgan fingerprint density at radius 2 is 1.72 bits per heavy atom. The number of rotatable bonds is 8. The molecule has 0 fully saturated rings. The molecule has 1 heterocycles. The van der Waals surface area contributed by atoms with Crippen LogP contribution >= 0.6 is 0 Å². The van der Waals surface area contributed by atoms with Gasteiger partial charge in [-0.3, -0.25) is 14.8 Å². The summed E-state index contributed by atoms with van der Waals surface area (Å²) in [6.07, 6.45) is -4.66. The molecule has 0 bridgehead atoms. The smallest absolute Gasteiger partial charge is 0.332 e. The molecule has 0 aliphatic carbocycles. The largest absolute Gasteiger partial charge is 0.435 e. The summed E-state index contributed by atoms with van der Waals surface area (Å²) in [4.78, 5) is 16.4. The lowest BCUT2D eigenvalue weighted by atomic mass is 10.1. The zero-order valence-electron chi connectivity index (χ0n) is 16.9. The molecular formula is C20H26F4N4O. The van der Waals surface area contributed by atoms with E-state index in [4.69, 9.17) is 0 Å². The molecule has 0 aliphatic heterocycles. The van der Waals surface area contributed by atoms with E-state index in [0.717, 1.165) is 0 Å². The standard InChI is InChI=1S/C20H26F4N4O/c1-13(2)28(14(3)4)10-9-27(12-15-7-5-6-8-16(15)21)19(29)17-11-18(26-25-17)20(22,23)24/h5-8,11,13-14H,9-10,12H2,1-4H3,(H,25,26). The zero-order valence-corrected chi connectivity index (χ0v) is 16.9. The minimum absolute atomic E-state index is 0.0596. The summed E-state index contributed by atoms with van der Waals surface area (Å²) in [5.41, 5.74) is -1.16. The molecule has 1 N–H and O–H groups in total. The molecule has 1 aromatic heterocycles. The van der Waals surface area contributed by atoms with Gasteiger partial charge in [0.25, 0.3) is 5.91 Å². The third-order valence-electron chi connectivity index (χ3n) is 4.66. The van der Waals surface area contributed by atoms with Crippen molar-refractivity contribution in [2.75, 3.05) is 13.1 Å². The van der Waals surface area contributed by atoms with Crippen LogP contribution < -0.4 is 0 Å². The molecule has 2 aromatic rings. The van der Waals surface area contributed by atoms with Gasteiger partial charge in [0.05, 0.1) is 0 Å². The van der Waals surface area contributed by atoms with E-state index >= 15 is 0 Å². The van der Waals surface area contributed by atoms with E-state index in [0.29, 0.717) is 12.6 Å². The molecule has 2 rings (SSSR count). The van der Waals surface area contributed by atoms with Gasteiger partial charge in [0.15, 0.2) is 5.69 Å². The van der Waals surface area contributed by atoms with Crippen LogP contribution in [-0.2, 0) is 12.7 Å². The van der Waals surface area contributed by atoms with E-state index in [9.17, 15) is 22.4 Å². The Kier molecular flexibility index (Phi) is 7.40.